The maximum atomic E-state index is 2.48. The van der Waals surface area contributed by atoms with Gasteiger partial charge in [-0.2, -0.15) is 5.92 Å². The average molecular weight is 303 g/mol. The van der Waals surface area contributed by atoms with Gasteiger partial charge in [-0.05, 0) is 22.2 Å². The van der Waals surface area contributed by atoms with Crippen molar-refractivity contribution in [2.45, 2.75) is 20.4 Å². The fraction of sp³-hybridized carbons (Fsp3) is 0.316. The van der Waals surface area contributed by atoms with Crippen molar-refractivity contribution in [3.05, 3.63) is 66.3 Å². The van der Waals surface area contributed by atoms with E-state index < -0.39 is 8.07 Å². The van der Waals surface area contributed by atoms with Crippen LogP contribution < -0.4 is 29.2 Å². The molecular formula is C19H26LiNSi. The van der Waals surface area contributed by atoms with E-state index in [9.17, 15) is 0 Å². The van der Waals surface area contributed by atoms with E-state index in [0.717, 1.165) is 0 Å². The molecular weight excluding hydrogens is 277 g/mol. The fourth-order valence-corrected chi connectivity index (χ4v) is 8.24. The molecule has 2 rings (SSSR count). The van der Waals surface area contributed by atoms with Crippen LogP contribution in [0, 0.1) is 11.6 Å². The van der Waals surface area contributed by atoms with Crippen LogP contribution in [0.1, 0.15) is 13.8 Å². The van der Waals surface area contributed by atoms with E-state index in [2.05, 4.69) is 100 Å². The second-order valence-electron chi connectivity index (χ2n) is 6.29. The minimum Gasteiger partial charge on any atom is -0.459 e. The smallest absolute Gasteiger partial charge is 0.459 e. The van der Waals surface area contributed by atoms with E-state index in [1.165, 1.54) is 10.4 Å². The average Bonchev–Trinajstić information content (AvgIpc) is 2.48. The Labute approximate surface area is 148 Å². The third-order valence-corrected chi connectivity index (χ3v) is 9.27. The van der Waals surface area contributed by atoms with Gasteiger partial charge in [-0.15, -0.1) is 0 Å². The second kappa shape index (κ2) is 8.17. The molecule has 0 N–H and O–H groups in total. The summed E-state index contributed by atoms with van der Waals surface area (Å²) in [4.78, 5) is 2.34. The van der Waals surface area contributed by atoms with Gasteiger partial charge in [0.05, 0.1) is 0 Å². The molecule has 0 saturated heterocycles. The Morgan fingerprint density at radius 2 is 1.18 bits per heavy atom. The molecule has 0 fully saturated rings. The molecule has 0 radical (unpaired) electrons. The van der Waals surface area contributed by atoms with Crippen molar-refractivity contribution in [1.29, 1.82) is 0 Å². The SMILES string of the molecule is CC(C)[C-](N(C)C)[Si](C)(c1ccccc1)c1ccccc1.[Li+]. The first kappa shape index (κ1) is 19.3. The largest absolute Gasteiger partial charge is 1.00 e. The van der Waals surface area contributed by atoms with Crippen molar-refractivity contribution < 1.29 is 18.9 Å². The number of benzene rings is 2. The molecule has 0 heterocycles. The van der Waals surface area contributed by atoms with Gasteiger partial charge in [0.15, 0.2) is 0 Å². The van der Waals surface area contributed by atoms with E-state index in [1.807, 2.05) is 0 Å². The zero-order valence-corrected chi connectivity index (χ0v) is 15.8. The Hall–Kier alpha value is -0.786. The summed E-state index contributed by atoms with van der Waals surface area (Å²) in [5.41, 5.74) is 1.57. The molecule has 0 atom stereocenters. The van der Waals surface area contributed by atoms with E-state index in [-0.39, 0.29) is 18.9 Å². The van der Waals surface area contributed by atoms with Gasteiger partial charge < -0.3 is 4.90 Å². The summed E-state index contributed by atoms with van der Waals surface area (Å²) in [5.74, 6) is 0.539. The molecule has 0 spiro atoms. The monoisotopic (exact) mass is 303 g/mol. The van der Waals surface area contributed by atoms with Crippen molar-refractivity contribution in [3.63, 3.8) is 0 Å². The van der Waals surface area contributed by atoms with Gasteiger partial charge >= 0.3 is 18.9 Å². The van der Waals surface area contributed by atoms with Crippen LogP contribution in [0.5, 0.6) is 0 Å². The van der Waals surface area contributed by atoms with Crippen LogP contribution in [0.15, 0.2) is 60.7 Å². The molecule has 0 aliphatic heterocycles. The van der Waals surface area contributed by atoms with Gasteiger partial charge in [0.2, 0.25) is 0 Å². The summed E-state index contributed by atoms with van der Waals surface area (Å²) in [6.45, 7) is 7.10. The number of hydrogen-bond acceptors (Lipinski definition) is 1. The molecule has 0 aliphatic carbocycles. The molecule has 0 saturated carbocycles. The van der Waals surface area contributed by atoms with E-state index in [0.29, 0.717) is 5.92 Å². The van der Waals surface area contributed by atoms with Crippen LogP contribution in [0.4, 0.5) is 0 Å². The van der Waals surface area contributed by atoms with Crippen molar-refractivity contribution in [2.75, 3.05) is 14.1 Å². The number of rotatable bonds is 5. The maximum Gasteiger partial charge on any atom is 1.00 e. The predicted octanol–water partition coefficient (Wildman–Crippen LogP) is 0.172. The zero-order chi connectivity index (χ0) is 15.5. The van der Waals surface area contributed by atoms with E-state index in [1.54, 1.807) is 5.67 Å². The molecule has 1 nitrogen and oxygen atoms in total. The van der Waals surface area contributed by atoms with Crippen LogP contribution in [0.2, 0.25) is 6.55 Å². The van der Waals surface area contributed by atoms with Gasteiger partial charge in [0.1, 0.15) is 0 Å². The molecule has 0 aliphatic rings. The maximum absolute atomic E-state index is 2.48. The fourth-order valence-electron chi connectivity index (χ4n) is 3.55. The summed E-state index contributed by atoms with van der Waals surface area (Å²) in [5, 5.41) is 2.96. The molecule has 0 amide bonds. The van der Waals surface area contributed by atoms with Crippen molar-refractivity contribution >= 4 is 18.4 Å². The Morgan fingerprint density at radius 1 is 0.818 bits per heavy atom. The van der Waals surface area contributed by atoms with Crippen LogP contribution in [-0.4, -0.2) is 27.1 Å². The van der Waals surface area contributed by atoms with E-state index in [4.69, 9.17) is 0 Å². The van der Waals surface area contributed by atoms with E-state index >= 15 is 0 Å². The molecule has 2 aromatic carbocycles. The molecule has 22 heavy (non-hydrogen) atoms. The summed E-state index contributed by atoms with van der Waals surface area (Å²) in [7, 11) is 2.46. The van der Waals surface area contributed by atoms with Gasteiger partial charge in [-0.1, -0.05) is 91.4 Å². The third kappa shape index (κ3) is 3.75. The van der Waals surface area contributed by atoms with Crippen LogP contribution in [0.25, 0.3) is 0 Å². The first-order valence-corrected chi connectivity index (χ1v) is 10.1. The standard InChI is InChI=1S/C19H26NSi.Li/c1-16(2)19(20(3)4)21(5,17-12-8-6-9-13-17)18-14-10-7-11-15-18;/h6-16H,1-5H3;/q-1;+1. The first-order valence-electron chi connectivity index (χ1n) is 7.63. The predicted molar refractivity (Wildman–Crippen MR) is 95.5 cm³/mol. The summed E-state index contributed by atoms with van der Waals surface area (Å²) in [6, 6.07) is 22.1. The normalized spacial score (nSPS) is 11.8. The van der Waals surface area contributed by atoms with Crippen LogP contribution in [-0.2, 0) is 0 Å². The Morgan fingerprint density at radius 3 is 1.45 bits per heavy atom. The Balaban J connectivity index is 0.00000242. The van der Waals surface area contributed by atoms with Crippen LogP contribution >= 0.6 is 0 Å². The number of nitrogens with zero attached hydrogens (tertiary/aromatic N) is 1. The zero-order valence-electron chi connectivity index (χ0n) is 14.8. The molecule has 2 aromatic rings. The minimum atomic E-state index is -1.91. The molecule has 3 heteroatoms. The third-order valence-electron chi connectivity index (χ3n) is 4.24. The molecule has 0 aromatic heterocycles. The van der Waals surface area contributed by atoms with Gasteiger partial charge in [-0.3, -0.25) is 0 Å². The first-order chi connectivity index (χ1) is 9.98. The van der Waals surface area contributed by atoms with Gasteiger partial charge in [0, 0.05) is 0 Å². The Kier molecular flexibility index (Phi) is 7.16. The Bertz CT molecular complexity index is 507. The number of hydrogen-bond donors (Lipinski definition) is 0. The van der Waals surface area contributed by atoms with Gasteiger partial charge in [0.25, 0.3) is 0 Å². The summed E-state index contributed by atoms with van der Waals surface area (Å²) in [6.07, 6.45) is 0. The summed E-state index contributed by atoms with van der Waals surface area (Å²) >= 11 is 0. The second-order valence-corrected chi connectivity index (χ2v) is 10.2. The van der Waals surface area contributed by atoms with Gasteiger partial charge in [-0.25, -0.2) is 5.67 Å². The molecule has 112 valence electrons. The molecule has 0 bridgehead atoms. The summed E-state index contributed by atoms with van der Waals surface area (Å²) < 4.78 is 0. The van der Waals surface area contributed by atoms with Crippen molar-refractivity contribution in [2.24, 2.45) is 5.92 Å². The van der Waals surface area contributed by atoms with Crippen molar-refractivity contribution in [1.82, 2.24) is 4.90 Å². The molecule has 0 unspecified atom stereocenters. The van der Waals surface area contributed by atoms with Crippen molar-refractivity contribution in [3.8, 4) is 0 Å². The minimum absolute atomic E-state index is 0. The van der Waals surface area contributed by atoms with Crippen LogP contribution in [0.3, 0.4) is 0 Å². The quantitative estimate of drug-likeness (QED) is 0.562. The topological polar surface area (TPSA) is 3.24 Å².